The van der Waals surface area contributed by atoms with Crippen molar-refractivity contribution >= 4 is 27.4 Å². The molecule has 9 heteroatoms. The fraction of sp³-hybridized carbons (Fsp3) is 0. The Kier molecular flexibility index (Phi) is 4.49. The molecule has 2 aromatic carbocycles. The number of nitrogens with two attached hydrogens (primary N) is 1. The number of carbonyl (C=O) groups is 2. The van der Waals surface area contributed by atoms with Crippen molar-refractivity contribution in [3.05, 3.63) is 58.4 Å². The fourth-order valence-corrected chi connectivity index (χ4v) is 3.07. The third-order valence-electron chi connectivity index (χ3n) is 3.42. The summed E-state index contributed by atoms with van der Waals surface area (Å²) < 4.78 is 47.5. The van der Waals surface area contributed by atoms with E-state index in [1.165, 1.54) is 24.3 Å². The molecular formula is C14H7FNNaO5S. The van der Waals surface area contributed by atoms with Crippen LogP contribution in [0.4, 0.5) is 10.1 Å². The topological polar surface area (TPSA) is 117 Å². The van der Waals surface area contributed by atoms with Crippen LogP contribution in [0.1, 0.15) is 31.8 Å². The van der Waals surface area contributed by atoms with E-state index in [-0.39, 0.29) is 40.7 Å². The molecule has 112 valence electrons. The summed E-state index contributed by atoms with van der Waals surface area (Å²) in [5, 5.41) is 0. The van der Waals surface area contributed by atoms with Crippen molar-refractivity contribution in [2.24, 2.45) is 0 Å². The Hall–Kier alpha value is -1.58. The van der Waals surface area contributed by atoms with E-state index in [4.69, 9.17) is 5.73 Å². The Labute approximate surface area is 152 Å². The van der Waals surface area contributed by atoms with Crippen LogP contribution in [-0.2, 0) is 10.1 Å². The zero-order chi connectivity index (χ0) is 16.2. The van der Waals surface area contributed by atoms with E-state index >= 15 is 0 Å². The van der Waals surface area contributed by atoms with Gasteiger partial charge in [-0.25, -0.2) is 12.8 Å². The Morgan fingerprint density at radius 2 is 1.48 bits per heavy atom. The van der Waals surface area contributed by atoms with E-state index < -0.39 is 49.2 Å². The molecule has 1 aliphatic rings. The number of ketones is 2. The maximum absolute atomic E-state index is 14.1. The molecule has 0 bridgehead atoms. The third kappa shape index (κ3) is 2.62. The van der Waals surface area contributed by atoms with E-state index in [0.717, 1.165) is 0 Å². The van der Waals surface area contributed by atoms with Crippen LogP contribution in [0.15, 0.2) is 35.2 Å². The summed E-state index contributed by atoms with van der Waals surface area (Å²) in [4.78, 5) is 23.7. The zero-order valence-corrected chi connectivity index (χ0v) is 14.6. The predicted molar refractivity (Wildman–Crippen MR) is 72.1 cm³/mol. The van der Waals surface area contributed by atoms with Crippen LogP contribution in [0.25, 0.3) is 0 Å². The molecule has 0 atom stereocenters. The van der Waals surface area contributed by atoms with Gasteiger partial charge in [0, 0.05) is 11.1 Å². The van der Waals surface area contributed by atoms with Gasteiger partial charge in [-0.05, 0) is 6.07 Å². The molecule has 1 aliphatic carbocycles. The van der Waals surface area contributed by atoms with Crippen LogP contribution in [0.3, 0.4) is 0 Å². The van der Waals surface area contributed by atoms with E-state index in [2.05, 4.69) is 0 Å². The number of hydrogen-bond donors (Lipinski definition) is 1. The van der Waals surface area contributed by atoms with Gasteiger partial charge >= 0.3 is 29.6 Å². The molecule has 0 aliphatic heterocycles. The van der Waals surface area contributed by atoms with Gasteiger partial charge in [0.15, 0.2) is 11.6 Å². The van der Waals surface area contributed by atoms with Crippen molar-refractivity contribution in [1.29, 1.82) is 0 Å². The number of anilines is 1. The molecule has 0 amide bonds. The second-order valence-electron chi connectivity index (χ2n) is 4.68. The van der Waals surface area contributed by atoms with Crippen molar-refractivity contribution in [3.8, 4) is 0 Å². The van der Waals surface area contributed by atoms with Gasteiger partial charge in [0.2, 0.25) is 0 Å². The van der Waals surface area contributed by atoms with Gasteiger partial charge in [-0.2, -0.15) is 0 Å². The standard InChI is InChI=1S/C14H8FNO5S.Na/c15-8-5-9(22(19,20)21)12(16)11-10(8)13(17)6-3-1-2-4-7(6)14(11)18;/h1-5H,16H2,(H,19,20,21);/q;+1/p-1. The van der Waals surface area contributed by atoms with Crippen molar-refractivity contribution in [2.75, 3.05) is 5.73 Å². The maximum Gasteiger partial charge on any atom is 1.00 e. The van der Waals surface area contributed by atoms with Crippen molar-refractivity contribution < 1.29 is 56.5 Å². The number of carbonyl (C=O) groups excluding carboxylic acids is 2. The van der Waals surface area contributed by atoms with Crippen molar-refractivity contribution in [1.82, 2.24) is 0 Å². The monoisotopic (exact) mass is 343 g/mol. The van der Waals surface area contributed by atoms with E-state index in [9.17, 15) is 27.0 Å². The largest absolute Gasteiger partial charge is 1.00 e. The van der Waals surface area contributed by atoms with Crippen LogP contribution >= 0.6 is 0 Å². The number of fused-ring (bicyclic) bond motifs is 2. The summed E-state index contributed by atoms with van der Waals surface area (Å²) in [6.45, 7) is 0. The first-order valence-electron chi connectivity index (χ1n) is 5.99. The Bertz CT molecular complexity index is 971. The number of halogens is 1. The van der Waals surface area contributed by atoms with Gasteiger partial charge < -0.3 is 10.3 Å². The maximum atomic E-state index is 14.1. The van der Waals surface area contributed by atoms with Crippen molar-refractivity contribution in [2.45, 2.75) is 4.90 Å². The first kappa shape index (κ1) is 17.8. The molecule has 2 aromatic rings. The third-order valence-corrected chi connectivity index (χ3v) is 4.30. The smallest absolute Gasteiger partial charge is 0.744 e. The van der Waals surface area contributed by atoms with Gasteiger partial charge in [-0.1, -0.05) is 24.3 Å². The van der Waals surface area contributed by atoms with Crippen molar-refractivity contribution in [3.63, 3.8) is 0 Å². The molecule has 0 radical (unpaired) electrons. The molecule has 0 unspecified atom stereocenters. The summed E-state index contributed by atoms with van der Waals surface area (Å²) in [5.74, 6) is -2.86. The second kappa shape index (κ2) is 5.81. The normalized spacial score (nSPS) is 13.1. The molecule has 0 heterocycles. The first-order chi connectivity index (χ1) is 10.2. The van der Waals surface area contributed by atoms with E-state index in [0.29, 0.717) is 6.07 Å². The van der Waals surface area contributed by atoms with Gasteiger partial charge in [0.05, 0.1) is 21.7 Å². The number of benzene rings is 2. The van der Waals surface area contributed by atoms with Gasteiger partial charge in [0.25, 0.3) is 0 Å². The average molecular weight is 343 g/mol. The summed E-state index contributed by atoms with van der Waals surface area (Å²) in [6, 6.07) is 6.07. The molecule has 0 spiro atoms. The molecule has 0 saturated heterocycles. The van der Waals surface area contributed by atoms with Crippen LogP contribution in [0, 0.1) is 5.82 Å². The zero-order valence-electron chi connectivity index (χ0n) is 11.8. The summed E-state index contributed by atoms with van der Waals surface area (Å²) in [7, 11) is -5.09. The molecule has 3 rings (SSSR count). The molecule has 0 saturated carbocycles. The fourth-order valence-electron chi connectivity index (χ4n) is 2.46. The SMILES string of the molecule is Nc1c(S(=O)(=O)[O-])cc(F)c2c1C(=O)c1ccccc1C2=O.[Na+]. The quantitative estimate of drug-likeness (QED) is 0.313. The van der Waals surface area contributed by atoms with Gasteiger partial charge in [-0.3, -0.25) is 9.59 Å². The average Bonchev–Trinajstić information content (AvgIpc) is 2.45. The van der Waals surface area contributed by atoms with Gasteiger partial charge in [0.1, 0.15) is 15.9 Å². The van der Waals surface area contributed by atoms with Crippen LogP contribution in [0.2, 0.25) is 0 Å². The Morgan fingerprint density at radius 3 is 1.96 bits per heavy atom. The van der Waals surface area contributed by atoms with Gasteiger partial charge in [-0.15, -0.1) is 0 Å². The van der Waals surface area contributed by atoms with E-state index in [1.807, 2.05) is 0 Å². The molecule has 2 N–H and O–H groups in total. The summed E-state index contributed by atoms with van der Waals surface area (Å²) in [5.41, 5.74) is 3.61. The van der Waals surface area contributed by atoms with Crippen LogP contribution < -0.4 is 35.3 Å². The summed E-state index contributed by atoms with van der Waals surface area (Å²) in [6.07, 6.45) is 0. The minimum Gasteiger partial charge on any atom is -0.744 e. The number of rotatable bonds is 1. The first-order valence-corrected chi connectivity index (χ1v) is 7.40. The molecular weight excluding hydrogens is 336 g/mol. The molecule has 0 aromatic heterocycles. The molecule has 0 fully saturated rings. The minimum atomic E-state index is -5.09. The Balaban J connectivity index is 0.00000192. The predicted octanol–water partition coefficient (Wildman–Crippen LogP) is -1.91. The second-order valence-corrected chi connectivity index (χ2v) is 6.03. The molecule has 6 nitrogen and oxygen atoms in total. The summed E-state index contributed by atoms with van der Waals surface area (Å²) >= 11 is 0. The van der Waals surface area contributed by atoms with E-state index in [1.54, 1.807) is 0 Å². The van der Waals surface area contributed by atoms with Crippen LogP contribution in [0.5, 0.6) is 0 Å². The number of hydrogen-bond acceptors (Lipinski definition) is 6. The van der Waals surface area contributed by atoms with Crippen LogP contribution in [-0.4, -0.2) is 24.5 Å². The minimum absolute atomic E-state index is 0. The Morgan fingerprint density at radius 1 is 1.00 bits per heavy atom. The molecule has 23 heavy (non-hydrogen) atoms. The number of nitrogen functional groups attached to an aromatic ring is 1.